The van der Waals surface area contributed by atoms with Gasteiger partial charge < -0.3 is 25.0 Å². The molecule has 2 amide bonds. The summed E-state index contributed by atoms with van der Waals surface area (Å²) in [5.41, 5.74) is 0.749. The second-order valence-electron chi connectivity index (χ2n) is 12.2. The van der Waals surface area contributed by atoms with Crippen LogP contribution in [-0.4, -0.2) is 59.6 Å². The molecule has 1 aliphatic heterocycles. The van der Waals surface area contributed by atoms with Gasteiger partial charge in [0.2, 0.25) is 0 Å². The topological polar surface area (TPSA) is 106 Å². The molecule has 0 spiro atoms. The van der Waals surface area contributed by atoms with Gasteiger partial charge in [0.05, 0.1) is 28.8 Å². The van der Waals surface area contributed by atoms with Crippen LogP contribution in [0.5, 0.6) is 0 Å². The van der Waals surface area contributed by atoms with Crippen molar-refractivity contribution in [2.45, 2.75) is 76.0 Å². The van der Waals surface area contributed by atoms with Crippen LogP contribution in [-0.2, 0) is 15.9 Å². The molecule has 0 radical (unpaired) electrons. The lowest BCUT2D eigenvalue weighted by Crippen LogP contribution is -2.49. The lowest BCUT2D eigenvalue weighted by atomic mass is 10.0. The van der Waals surface area contributed by atoms with Gasteiger partial charge in [-0.3, -0.25) is 9.78 Å². The van der Waals surface area contributed by atoms with E-state index in [4.69, 9.17) is 9.47 Å². The lowest BCUT2D eigenvalue weighted by Gasteiger charge is -2.37. The zero-order valence-corrected chi connectivity index (χ0v) is 27.3. The van der Waals surface area contributed by atoms with Crippen molar-refractivity contribution in [2.24, 2.45) is 0 Å². The number of alkyl carbamates (subject to hydrolysis) is 1. The molecule has 5 rings (SSSR count). The van der Waals surface area contributed by atoms with Gasteiger partial charge in [0.15, 0.2) is 0 Å². The van der Waals surface area contributed by atoms with Crippen molar-refractivity contribution >= 4 is 35.1 Å². The first-order chi connectivity index (χ1) is 21.9. The monoisotopic (exact) mass is 657 g/mol. The molecule has 46 heavy (non-hydrogen) atoms. The molecule has 2 unspecified atom stereocenters. The van der Waals surface area contributed by atoms with E-state index in [1.54, 1.807) is 33.2 Å². The van der Waals surface area contributed by atoms with Crippen LogP contribution in [0.25, 0.3) is 11.3 Å². The van der Waals surface area contributed by atoms with Gasteiger partial charge in [-0.2, -0.15) is 0 Å². The molecule has 246 valence electrons. The van der Waals surface area contributed by atoms with Crippen LogP contribution in [0.1, 0.15) is 74.8 Å². The van der Waals surface area contributed by atoms with E-state index in [1.807, 2.05) is 6.92 Å². The number of pyridine rings is 2. The van der Waals surface area contributed by atoms with Gasteiger partial charge in [-0.05, 0) is 83.9 Å². The number of aromatic nitrogens is 2. The van der Waals surface area contributed by atoms with Crippen LogP contribution < -0.4 is 15.5 Å². The van der Waals surface area contributed by atoms with Gasteiger partial charge in [0, 0.05) is 36.2 Å². The van der Waals surface area contributed by atoms with E-state index in [1.165, 1.54) is 0 Å². The summed E-state index contributed by atoms with van der Waals surface area (Å²) < 4.78 is 56.0. The number of hydrogen-bond acceptors (Lipinski definition) is 8. The number of rotatable bonds is 8. The number of amides is 2. The summed E-state index contributed by atoms with van der Waals surface area (Å²) >= 11 is 1.14. The minimum absolute atomic E-state index is 0.187. The van der Waals surface area contributed by atoms with Gasteiger partial charge in [0.25, 0.3) is 5.91 Å². The second kappa shape index (κ2) is 13.9. The maximum atomic E-state index is 14.9. The van der Waals surface area contributed by atoms with Crippen LogP contribution >= 0.6 is 11.8 Å². The van der Waals surface area contributed by atoms with Crippen LogP contribution in [0.2, 0.25) is 0 Å². The Balaban J connectivity index is 1.46. The third-order valence-electron chi connectivity index (χ3n) is 7.79. The van der Waals surface area contributed by atoms with Crippen molar-refractivity contribution in [1.29, 1.82) is 0 Å². The number of carbonyl (C=O) groups excluding carboxylic acids is 2. The quantitative estimate of drug-likeness (QED) is 0.248. The van der Waals surface area contributed by atoms with Gasteiger partial charge in [-0.25, -0.2) is 22.9 Å². The molecular weight excluding hydrogens is 619 g/mol. The largest absolute Gasteiger partial charge is 0.444 e. The highest BCUT2D eigenvalue weighted by Gasteiger charge is 2.33. The third-order valence-corrected chi connectivity index (χ3v) is 8.49. The predicted octanol–water partition coefficient (Wildman–Crippen LogP) is 7.05. The zero-order chi connectivity index (χ0) is 33.2. The number of thioether (sulfide) groups is 1. The molecule has 2 aliphatic rings. The average molecular weight is 658 g/mol. The molecule has 0 bridgehead atoms. The number of carbonyl (C=O) groups is 2. The normalized spacial score (nSPS) is 17.9. The average Bonchev–Trinajstić information content (AvgIpc) is 3.39. The smallest absolute Gasteiger partial charge is 0.407 e. The minimum Gasteiger partial charge on any atom is -0.444 e. The summed E-state index contributed by atoms with van der Waals surface area (Å²) in [7, 11) is 0. The van der Waals surface area contributed by atoms with Crippen molar-refractivity contribution in [3.63, 3.8) is 0 Å². The fourth-order valence-corrected chi connectivity index (χ4v) is 6.35. The van der Waals surface area contributed by atoms with E-state index in [0.29, 0.717) is 36.7 Å². The fourth-order valence-electron chi connectivity index (χ4n) is 5.91. The number of nitrogens with one attached hydrogen (secondary N) is 2. The Morgan fingerprint density at radius 3 is 2.52 bits per heavy atom. The van der Waals surface area contributed by atoms with E-state index in [-0.39, 0.29) is 17.8 Å². The molecule has 1 aliphatic carbocycles. The molecule has 3 aromatic rings. The van der Waals surface area contributed by atoms with Crippen molar-refractivity contribution in [2.75, 3.05) is 36.2 Å². The SMILES string of the molecule is CCOC1CCc2c1ncc(NC(=O)c1ccc(F)c(-c3c(F)cc(SC)cc3F)n1)c2N1CCCC(NC(=O)OC(C)(C)C)C1. The number of halogens is 3. The first-order valence-corrected chi connectivity index (χ1v) is 16.5. The third kappa shape index (κ3) is 7.41. The van der Waals surface area contributed by atoms with Gasteiger partial charge in [-0.1, -0.05) is 0 Å². The number of ether oxygens (including phenoxy) is 2. The number of anilines is 2. The molecule has 1 saturated heterocycles. The van der Waals surface area contributed by atoms with Crippen LogP contribution in [0.4, 0.5) is 29.3 Å². The predicted molar refractivity (Wildman–Crippen MR) is 171 cm³/mol. The molecule has 3 heterocycles. The van der Waals surface area contributed by atoms with Crippen molar-refractivity contribution in [3.05, 3.63) is 64.9 Å². The van der Waals surface area contributed by atoms with E-state index in [2.05, 4.69) is 25.5 Å². The summed E-state index contributed by atoms with van der Waals surface area (Å²) in [4.78, 5) is 37.3. The van der Waals surface area contributed by atoms with Crippen LogP contribution in [0.15, 0.2) is 35.4 Å². The molecule has 0 saturated carbocycles. The Kier molecular flexibility index (Phi) is 10.1. The molecule has 2 atom stereocenters. The zero-order valence-electron chi connectivity index (χ0n) is 26.5. The maximum Gasteiger partial charge on any atom is 0.407 e. The van der Waals surface area contributed by atoms with Crippen molar-refractivity contribution < 1.29 is 32.2 Å². The summed E-state index contributed by atoms with van der Waals surface area (Å²) in [5.74, 6) is -3.64. The van der Waals surface area contributed by atoms with Gasteiger partial charge >= 0.3 is 6.09 Å². The molecule has 2 aromatic heterocycles. The van der Waals surface area contributed by atoms with E-state index in [9.17, 15) is 22.8 Å². The first-order valence-electron chi connectivity index (χ1n) is 15.3. The van der Waals surface area contributed by atoms with Gasteiger partial charge in [0.1, 0.15) is 40.5 Å². The molecule has 9 nitrogen and oxygen atoms in total. The van der Waals surface area contributed by atoms with E-state index < -0.39 is 46.3 Å². The molecule has 13 heteroatoms. The highest BCUT2D eigenvalue weighted by Crippen LogP contribution is 2.43. The Hall–Kier alpha value is -3.84. The number of hydrogen-bond donors (Lipinski definition) is 2. The molecule has 1 fully saturated rings. The molecule has 2 N–H and O–H groups in total. The number of fused-ring (bicyclic) bond motifs is 1. The summed E-state index contributed by atoms with van der Waals surface area (Å²) in [6.07, 6.45) is 5.44. The summed E-state index contributed by atoms with van der Waals surface area (Å²) in [6.45, 7) is 8.97. The van der Waals surface area contributed by atoms with Crippen LogP contribution in [0, 0.1) is 17.5 Å². The van der Waals surface area contributed by atoms with Crippen molar-refractivity contribution in [3.8, 4) is 11.3 Å². The number of benzene rings is 1. The standard InChI is InChI=1S/C33H38F3N5O4S/c1-6-44-26-12-9-20-28(26)37-16-25(30(20)41-13-7-8-18(17-41)38-32(43)45-33(2,3)4)40-31(42)24-11-10-21(34)29(39-24)27-22(35)14-19(46-5)15-23(27)36/h10-11,14-16,18,26H,6-9,12-13,17H2,1-5H3,(H,38,43)(H,40,42). The Labute approximate surface area is 270 Å². The number of piperidine rings is 1. The van der Waals surface area contributed by atoms with E-state index in [0.717, 1.165) is 72.2 Å². The maximum absolute atomic E-state index is 14.9. The first kappa shape index (κ1) is 33.5. The van der Waals surface area contributed by atoms with Crippen molar-refractivity contribution in [1.82, 2.24) is 15.3 Å². The molecule has 1 aromatic carbocycles. The highest BCUT2D eigenvalue weighted by molar-refractivity contribution is 7.98. The number of nitrogens with zero attached hydrogens (tertiary/aromatic N) is 3. The van der Waals surface area contributed by atoms with E-state index >= 15 is 0 Å². The summed E-state index contributed by atoms with van der Waals surface area (Å²) in [6, 6.07) is 4.11. The Morgan fingerprint density at radius 2 is 1.85 bits per heavy atom. The minimum atomic E-state index is -0.984. The fraction of sp³-hybridized carbons (Fsp3) is 0.455. The molecular formula is C33H38F3N5O4S. The van der Waals surface area contributed by atoms with Gasteiger partial charge in [-0.15, -0.1) is 11.8 Å². The second-order valence-corrected chi connectivity index (χ2v) is 13.1. The highest BCUT2D eigenvalue weighted by atomic mass is 32.2. The lowest BCUT2D eigenvalue weighted by molar-refractivity contribution is 0.0499. The summed E-state index contributed by atoms with van der Waals surface area (Å²) in [5, 5.41) is 5.82. The van der Waals surface area contributed by atoms with Crippen LogP contribution in [0.3, 0.4) is 0 Å². The Bertz CT molecular complexity index is 1610. The Morgan fingerprint density at radius 1 is 1.11 bits per heavy atom.